The van der Waals surface area contributed by atoms with Crippen LogP contribution in [0.25, 0.3) is 11.2 Å². The summed E-state index contributed by atoms with van der Waals surface area (Å²) in [7, 11) is 1.46. The first kappa shape index (κ1) is 44.5. The molecule has 60 heavy (non-hydrogen) atoms. The number of anilines is 1. The van der Waals surface area contributed by atoms with Gasteiger partial charge in [0.2, 0.25) is 11.9 Å². The number of carbonyl (C=O) groups is 1. The number of carbonyl (C=O) groups excluding carboxylic acids is 1. The molecule has 0 radical (unpaired) electrons. The summed E-state index contributed by atoms with van der Waals surface area (Å²) in [5, 5.41) is 16.1. The van der Waals surface area contributed by atoms with E-state index < -0.39 is 44.2 Å². The summed E-state index contributed by atoms with van der Waals surface area (Å²) < 4.78 is 36.2. The second kappa shape index (κ2) is 20.0. The standard InChI is InChI=1S/C44H55N8O7P/c1-28(2)40(53)49-43-48-39-36(41(54)50-43)46-27-51(39)42-38(56-8)37(59-60(57-25-15-24-45)52(29(3)4)30(5)6)35(58-42)26-47-44(31-16-11-9-12-17-31,32-18-13-10-14-19-32)33-20-22-34(55-7)23-21-33/h9-14,16-23,27-30,35,37-38,42,47H,15,25-26H2,1-8H3,(H2,48,49,50,53,54)/t35-,37-,38-,42-,60?/m1/s1. The maximum atomic E-state index is 13.3. The Hall–Kier alpha value is -5.04. The number of nitrogens with zero attached hydrogens (tertiary/aromatic N) is 5. The SMILES string of the molecule is COc1ccc(C(NC[C@H]2O[C@@H](n3cnc4c(=O)[nH]c(NC(=O)C(C)C)nc43)[C@H](OC)[C@@H]2OP(OCCC#N)N(C(C)C)C(C)C)(c2ccccc2)c2ccccc2)cc1. The zero-order chi connectivity index (χ0) is 43.0. The fourth-order valence-electron chi connectivity index (χ4n) is 7.58. The number of fused-ring (bicyclic) bond motifs is 1. The van der Waals surface area contributed by atoms with Crippen molar-refractivity contribution in [2.75, 3.05) is 32.7 Å². The molecule has 1 aliphatic rings. The van der Waals surface area contributed by atoms with Crippen LogP contribution in [0.1, 0.15) is 70.9 Å². The molecule has 0 spiro atoms. The van der Waals surface area contributed by atoms with Crippen molar-refractivity contribution in [2.24, 2.45) is 5.92 Å². The topological polar surface area (TPSA) is 178 Å². The Morgan fingerprint density at radius 2 is 1.57 bits per heavy atom. The van der Waals surface area contributed by atoms with Crippen LogP contribution < -0.4 is 20.9 Å². The molecule has 1 saturated heterocycles. The second-order valence-corrected chi connectivity index (χ2v) is 16.8. The average molecular weight is 839 g/mol. The number of hydrogen-bond acceptors (Lipinski definition) is 12. The average Bonchev–Trinajstić information content (AvgIpc) is 3.82. The molecule has 1 fully saturated rings. The van der Waals surface area contributed by atoms with Crippen LogP contribution in [0.15, 0.2) is 96.1 Å². The van der Waals surface area contributed by atoms with E-state index in [1.165, 1.54) is 6.33 Å². The van der Waals surface area contributed by atoms with Crippen LogP contribution in [0.5, 0.6) is 5.75 Å². The van der Waals surface area contributed by atoms with Gasteiger partial charge in [-0.25, -0.2) is 9.65 Å². The number of methoxy groups -OCH3 is 2. The summed E-state index contributed by atoms with van der Waals surface area (Å²) in [5.41, 5.74) is 1.79. The predicted octanol–water partition coefficient (Wildman–Crippen LogP) is 6.88. The number of benzene rings is 3. The molecule has 0 bridgehead atoms. The van der Waals surface area contributed by atoms with Crippen LogP contribution in [0.4, 0.5) is 5.95 Å². The highest BCUT2D eigenvalue weighted by Gasteiger charge is 2.51. The lowest BCUT2D eigenvalue weighted by atomic mass is 9.76. The lowest BCUT2D eigenvalue weighted by Crippen LogP contribution is -2.50. The van der Waals surface area contributed by atoms with Gasteiger partial charge in [-0.2, -0.15) is 10.2 Å². The molecule has 1 unspecified atom stereocenters. The van der Waals surface area contributed by atoms with E-state index in [-0.39, 0.29) is 60.6 Å². The molecule has 5 aromatic rings. The third-order valence-corrected chi connectivity index (χ3v) is 12.5. The van der Waals surface area contributed by atoms with Crippen LogP contribution in [0, 0.1) is 17.2 Å². The zero-order valence-electron chi connectivity index (χ0n) is 35.4. The van der Waals surface area contributed by atoms with Gasteiger partial charge in [0.1, 0.15) is 24.1 Å². The van der Waals surface area contributed by atoms with Crippen LogP contribution in [-0.2, 0) is 28.9 Å². The third kappa shape index (κ3) is 9.46. The fraction of sp³-hybridized carbons (Fsp3) is 0.432. The minimum absolute atomic E-state index is 0.0140. The van der Waals surface area contributed by atoms with Crippen molar-refractivity contribution >= 4 is 31.5 Å². The number of aromatic amines is 1. The minimum Gasteiger partial charge on any atom is -0.497 e. The molecule has 1 aliphatic heterocycles. The highest BCUT2D eigenvalue weighted by Crippen LogP contribution is 2.51. The molecular formula is C44H55N8O7P. The molecule has 15 nitrogen and oxygen atoms in total. The quantitative estimate of drug-likeness (QED) is 0.0447. The smallest absolute Gasteiger partial charge is 0.280 e. The number of ether oxygens (including phenoxy) is 3. The van der Waals surface area contributed by atoms with E-state index in [1.54, 1.807) is 32.6 Å². The highest BCUT2D eigenvalue weighted by molar-refractivity contribution is 7.44. The normalized spacial score (nSPS) is 18.7. The Morgan fingerprint density at radius 3 is 2.12 bits per heavy atom. The van der Waals surface area contributed by atoms with Gasteiger partial charge in [0, 0.05) is 31.7 Å². The van der Waals surface area contributed by atoms with Gasteiger partial charge in [-0.3, -0.25) is 29.8 Å². The van der Waals surface area contributed by atoms with Gasteiger partial charge in [0.25, 0.3) is 14.1 Å². The van der Waals surface area contributed by atoms with Gasteiger partial charge >= 0.3 is 0 Å². The summed E-state index contributed by atoms with van der Waals surface area (Å²) in [6.07, 6.45) is -1.47. The van der Waals surface area contributed by atoms with Crippen LogP contribution in [-0.4, -0.2) is 87.9 Å². The number of imidazole rings is 1. The van der Waals surface area contributed by atoms with E-state index in [0.29, 0.717) is 0 Å². The number of nitrogens with one attached hydrogen (secondary N) is 3. The second-order valence-electron chi connectivity index (χ2n) is 15.4. The zero-order valence-corrected chi connectivity index (χ0v) is 36.3. The Labute approximate surface area is 352 Å². The minimum atomic E-state index is -1.76. The maximum absolute atomic E-state index is 13.3. The van der Waals surface area contributed by atoms with Gasteiger partial charge in [0.05, 0.1) is 38.1 Å². The van der Waals surface area contributed by atoms with E-state index in [4.69, 9.17) is 23.3 Å². The number of amides is 1. The largest absolute Gasteiger partial charge is 0.497 e. The summed E-state index contributed by atoms with van der Waals surface area (Å²) in [5.74, 6) is 0.0526. The van der Waals surface area contributed by atoms with Gasteiger partial charge in [-0.15, -0.1) is 0 Å². The van der Waals surface area contributed by atoms with Crippen LogP contribution in [0.2, 0.25) is 0 Å². The number of nitriles is 1. The van der Waals surface area contributed by atoms with Crippen molar-refractivity contribution in [3.8, 4) is 11.8 Å². The number of rotatable bonds is 19. The molecular weight excluding hydrogens is 784 g/mol. The van der Waals surface area contributed by atoms with Crippen LogP contribution >= 0.6 is 8.53 Å². The first-order chi connectivity index (χ1) is 28.9. The molecule has 5 atom stereocenters. The van der Waals surface area contributed by atoms with E-state index in [2.05, 4.69) is 100 Å². The summed E-state index contributed by atoms with van der Waals surface area (Å²) in [4.78, 5) is 37.7. The van der Waals surface area contributed by atoms with E-state index >= 15 is 0 Å². The van der Waals surface area contributed by atoms with E-state index in [0.717, 1.165) is 22.4 Å². The predicted molar refractivity (Wildman–Crippen MR) is 230 cm³/mol. The highest BCUT2D eigenvalue weighted by atomic mass is 31.2. The number of H-pyrrole nitrogens is 1. The first-order valence-electron chi connectivity index (χ1n) is 20.1. The van der Waals surface area contributed by atoms with Crippen molar-refractivity contribution in [3.63, 3.8) is 0 Å². The number of hydrogen-bond donors (Lipinski definition) is 3. The molecule has 0 aliphatic carbocycles. The Bertz CT molecular complexity index is 2220. The monoisotopic (exact) mass is 838 g/mol. The molecule has 3 heterocycles. The van der Waals surface area contributed by atoms with Crippen molar-refractivity contribution < 1.29 is 28.1 Å². The van der Waals surface area contributed by atoms with Crippen molar-refractivity contribution in [2.45, 2.75) is 90.1 Å². The maximum Gasteiger partial charge on any atom is 0.280 e. The first-order valence-corrected chi connectivity index (χ1v) is 21.3. The van der Waals surface area contributed by atoms with Gasteiger partial charge in [-0.05, 0) is 56.5 Å². The molecule has 3 aromatic carbocycles. The lowest BCUT2D eigenvalue weighted by molar-refractivity contribution is -0.118. The van der Waals surface area contributed by atoms with E-state index in [1.807, 2.05) is 48.5 Å². The molecule has 16 heteroatoms. The van der Waals surface area contributed by atoms with E-state index in [9.17, 15) is 14.9 Å². The molecule has 1 amide bonds. The fourth-order valence-corrected chi connectivity index (χ4v) is 9.35. The Morgan fingerprint density at radius 1 is 0.950 bits per heavy atom. The van der Waals surface area contributed by atoms with Crippen molar-refractivity contribution in [3.05, 3.63) is 118 Å². The van der Waals surface area contributed by atoms with Gasteiger partial charge in [-0.1, -0.05) is 86.6 Å². The van der Waals surface area contributed by atoms with Crippen molar-refractivity contribution in [1.29, 1.82) is 5.26 Å². The molecule has 3 N–H and O–H groups in total. The van der Waals surface area contributed by atoms with Gasteiger partial charge in [0.15, 0.2) is 17.4 Å². The lowest BCUT2D eigenvalue weighted by Gasteiger charge is -2.40. The molecule has 318 valence electrons. The van der Waals surface area contributed by atoms with Gasteiger partial charge < -0.3 is 23.3 Å². The molecule has 2 aromatic heterocycles. The van der Waals surface area contributed by atoms with Crippen LogP contribution in [0.3, 0.4) is 0 Å². The Balaban J connectivity index is 1.48. The molecule has 6 rings (SSSR count). The Kier molecular flexibility index (Phi) is 14.8. The third-order valence-electron chi connectivity index (χ3n) is 10.4. The molecule has 0 saturated carbocycles. The summed E-state index contributed by atoms with van der Waals surface area (Å²) >= 11 is 0. The summed E-state index contributed by atoms with van der Waals surface area (Å²) in [6.45, 7) is 12.2. The van der Waals surface area contributed by atoms with Crippen molar-refractivity contribution in [1.82, 2.24) is 29.5 Å². The number of aromatic nitrogens is 4. The summed E-state index contributed by atoms with van der Waals surface area (Å²) in [6, 6.07) is 30.6.